The number of carbonyl (C=O) groups is 1. The molecule has 0 aromatic carbocycles. The molecule has 2 rings (SSSR count). The molecule has 0 aliphatic carbocycles. The maximum absolute atomic E-state index is 11.4. The predicted octanol–water partition coefficient (Wildman–Crippen LogP) is 1.64. The summed E-state index contributed by atoms with van der Waals surface area (Å²) in [6, 6.07) is -0.145. The van der Waals surface area contributed by atoms with Gasteiger partial charge in [0.2, 0.25) is 0 Å². The van der Waals surface area contributed by atoms with Gasteiger partial charge in [0.1, 0.15) is 0 Å². The van der Waals surface area contributed by atoms with Crippen LogP contribution in [-0.4, -0.2) is 39.0 Å². The molecule has 5 nitrogen and oxygen atoms in total. The lowest BCUT2D eigenvalue weighted by Gasteiger charge is -2.38. The molecule has 1 aromatic rings. The Morgan fingerprint density at radius 1 is 1.56 bits per heavy atom. The standard InChI is InChI=1S/C13H19N3O2/c1-3-16-6-4-5-10(13(17)18)12(16)11-8-14-7-9(2)15-11/h7-8,10,12H,3-6H2,1-2H3,(H,17,18). The third kappa shape index (κ3) is 2.51. The van der Waals surface area contributed by atoms with Crippen molar-refractivity contribution in [3.63, 3.8) is 0 Å². The highest BCUT2D eigenvalue weighted by Crippen LogP contribution is 2.34. The fourth-order valence-corrected chi connectivity index (χ4v) is 2.70. The molecule has 1 aliphatic rings. The first-order valence-corrected chi connectivity index (χ1v) is 6.39. The molecule has 1 fully saturated rings. The van der Waals surface area contributed by atoms with Crippen molar-refractivity contribution in [3.05, 3.63) is 23.8 Å². The van der Waals surface area contributed by atoms with Crippen LogP contribution in [0.3, 0.4) is 0 Å². The maximum atomic E-state index is 11.4. The van der Waals surface area contributed by atoms with E-state index in [4.69, 9.17) is 0 Å². The third-order valence-electron chi connectivity index (χ3n) is 3.54. The topological polar surface area (TPSA) is 66.3 Å². The van der Waals surface area contributed by atoms with E-state index >= 15 is 0 Å². The van der Waals surface area contributed by atoms with Gasteiger partial charge >= 0.3 is 5.97 Å². The summed E-state index contributed by atoms with van der Waals surface area (Å²) in [5.41, 5.74) is 1.61. The average molecular weight is 249 g/mol. The summed E-state index contributed by atoms with van der Waals surface area (Å²) in [5, 5.41) is 9.38. The molecule has 2 unspecified atom stereocenters. The number of carboxylic acid groups (broad SMARTS) is 1. The van der Waals surface area contributed by atoms with Crippen LogP contribution in [0, 0.1) is 12.8 Å². The van der Waals surface area contributed by atoms with E-state index in [1.54, 1.807) is 12.4 Å². The van der Waals surface area contributed by atoms with Gasteiger partial charge in [-0.1, -0.05) is 6.92 Å². The number of aryl methyl sites for hydroxylation is 1. The van der Waals surface area contributed by atoms with E-state index in [-0.39, 0.29) is 12.0 Å². The van der Waals surface area contributed by atoms with Gasteiger partial charge in [0.05, 0.1) is 29.5 Å². The van der Waals surface area contributed by atoms with Gasteiger partial charge in [-0.2, -0.15) is 0 Å². The van der Waals surface area contributed by atoms with E-state index in [1.165, 1.54) is 0 Å². The molecule has 0 radical (unpaired) electrons. The number of nitrogens with zero attached hydrogens (tertiary/aromatic N) is 3. The minimum absolute atomic E-state index is 0.145. The Morgan fingerprint density at radius 2 is 2.33 bits per heavy atom. The maximum Gasteiger partial charge on any atom is 0.308 e. The number of hydrogen-bond acceptors (Lipinski definition) is 4. The Kier molecular flexibility index (Phi) is 3.91. The molecule has 18 heavy (non-hydrogen) atoms. The van der Waals surface area contributed by atoms with Crippen LogP contribution in [0.15, 0.2) is 12.4 Å². The van der Waals surface area contributed by atoms with E-state index in [9.17, 15) is 9.90 Å². The zero-order chi connectivity index (χ0) is 13.1. The molecular formula is C13H19N3O2. The number of aliphatic carboxylic acids is 1. The molecule has 98 valence electrons. The zero-order valence-electron chi connectivity index (χ0n) is 10.8. The fraction of sp³-hybridized carbons (Fsp3) is 0.615. The molecule has 5 heteroatoms. The molecule has 0 spiro atoms. The predicted molar refractivity (Wildman–Crippen MR) is 67.1 cm³/mol. The summed E-state index contributed by atoms with van der Waals surface area (Å²) in [4.78, 5) is 22.2. The van der Waals surface area contributed by atoms with Crippen LogP contribution in [0.5, 0.6) is 0 Å². The lowest BCUT2D eigenvalue weighted by Crippen LogP contribution is -2.42. The minimum atomic E-state index is -0.735. The second-order valence-corrected chi connectivity index (χ2v) is 4.75. The highest BCUT2D eigenvalue weighted by molar-refractivity contribution is 5.71. The van der Waals surface area contributed by atoms with Crippen LogP contribution in [0.2, 0.25) is 0 Å². The number of likely N-dealkylation sites (tertiary alicyclic amines) is 1. The number of carboxylic acids is 1. The van der Waals surface area contributed by atoms with Gasteiger partial charge in [0.15, 0.2) is 0 Å². The normalized spacial score (nSPS) is 25.0. The Labute approximate surface area is 107 Å². The minimum Gasteiger partial charge on any atom is -0.481 e. The van der Waals surface area contributed by atoms with Crippen molar-refractivity contribution in [2.75, 3.05) is 13.1 Å². The number of hydrogen-bond donors (Lipinski definition) is 1. The highest BCUT2D eigenvalue weighted by Gasteiger charge is 2.37. The van der Waals surface area contributed by atoms with Crippen molar-refractivity contribution in [1.82, 2.24) is 14.9 Å². The molecule has 1 aliphatic heterocycles. The molecule has 1 N–H and O–H groups in total. The van der Waals surface area contributed by atoms with Crippen LogP contribution in [0.1, 0.15) is 37.2 Å². The fourth-order valence-electron chi connectivity index (χ4n) is 2.70. The van der Waals surface area contributed by atoms with Crippen LogP contribution in [0.25, 0.3) is 0 Å². The molecule has 2 heterocycles. The van der Waals surface area contributed by atoms with Gasteiger partial charge in [0, 0.05) is 6.20 Å². The molecule has 0 bridgehead atoms. The van der Waals surface area contributed by atoms with E-state index in [0.717, 1.165) is 30.9 Å². The van der Waals surface area contributed by atoms with Crippen molar-refractivity contribution in [1.29, 1.82) is 0 Å². The first kappa shape index (κ1) is 13.0. The Bertz CT molecular complexity index is 436. The van der Waals surface area contributed by atoms with Gasteiger partial charge in [-0.25, -0.2) is 0 Å². The molecule has 2 atom stereocenters. The number of rotatable bonds is 3. The summed E-state index contributed by atoms with van der Waals surface area (Å²) in [6.07, 6.45) is 5.03. The van der Waals surface area contributed by atoms with Crippen LogP contribution in [0.4, 0.5) is 0 Å². The second kappa shape index (κ2) is 5.44. The molecular weight excluding hydrogens is 230 g/mol. The van der Waals surface area contributed by atoms with E-state index < -0.39 is 5.97 Å². The highest BCUT2D eigenvalue weighted by atomic mass is 16.4. The second-order valence-electron chi connectivity index (χ2n) is 4.75. The van der Waals surface area contributed by atoms with Crippen molar-refractivity contribution in [2.24, 2.45) is 5.92 Å². The lowest BCUT2D eigenvalue weighted by molar-refractivity contribution is -0.146. The van der Waals surface area contributed by atoms with Gasteiger partial charge in [0.25, 0.3) is 0 Å². The van der Waals surface area contributed by atoms with Crippen molar-refractivity contribution in [2.45, 2.75) is 32.7 Å². The van der Waals surface area contributed by atoms with Crippen LogP contribution in [-0.2, 0) is 4.79 Å². The summed E-state index contributed by atoms with van der Waals surface area (Å²) in [5.74, 6) is -1.11. The summed E-state index contributed by atoms with van der Waals surface area (Å²) in [6.45, 7) is 5.70. The van der Waals surface area contributed by atoms with Gasteiger partial charge in [-0.05, 0) is 32.9 Å². The first-order valence-electron chi connectivity index (χ1n) is 6.39. The quantitative estimate of drug-likeness (QED) is 0.882. The van der Waals surface area contributed by atoms with Crippen LogP contribution < -0.4 is 0 Å². The van der Waals surface area contributed by atoms with E-state index in [0.29, 0.717) is 6.42 Å². The summed E-state index contributed by atoms with van der Waals surface area (Å²) >= 11 is 0. The molecule has 0 saturated carbocycles. The zero-order valence-corrected chi connectivity index (χ0v) is 10.8. The number of aromatic nitrogens is 2. The first-order chi connectivity index (χ1) is 8.63. The SMILES string of the molecule is CCN1CCCC(C(=O)O)C1c1cncc(C)n1. The van der Waals surface area contributed by atoms with Crippen molar-refractivity contribution < 1.29 is 9.90 Å². The average Bonchev–Trinajstić information content (AvgIpc) is 2.37. The smallest absolute Gasteiger partial charge is 0.308 e. The van der Waals surface area contributed by atoms with Crippen molar-refractivity contribution >= 4 is 5.97 Å². The Morgan fingerprint density at radius 3 is 2.94 bits per heavy atom. The lowest BCUT2D eigenvalue weighted by atomic mass is 9.87. The molecule has 1 aromatic heterocycles. The summed E-state index contributed by atoms with van der Waals surface area (Å²) < 4.78 is 0. The monoisotopic (exact) mass is 249 g/mol. The third-order valence-corrected chi connectivity index (χ3v) is 3.54. The Balaban J connectivity index is 2.36. The van der Waals surface area contributed by atoms with Gasteiger partial charge in [-0.3, -0.25) is 19.7 Å². The van der Waals surface area contributed by atoms with Crippen molar-refractivity contribution in [3.8, 4) is 0 Å². The number of piperidine rings is 1. The van der Waals surface area contributed by atoms with Crippen LogP contribution >= 0.6 is 0 Å². The van der Waals surface area contributed by atoms with Gasteiger partial charge < -0.3 is 5.11 Å². The van der Waals surface area contributed by atoms with E-state index in [1.807, 2.05) is 6.92 Å². The van der Waals surface area contributed by atoms with Gasteiger partial charge in [-0.15, -0.1) is 0 Å². The van der Waals surface area contributed by atoms with E-state index in [2.05, 4.69) is 21.8 Å². The summed E-state index contributed by atoms with van der Waals surface area (Å²) in [7, 11) is 0. The molecule has 1 saturated heterocycles. The Hall–Kier alpha value is -1.49. The largest absolute Gasteiger partial charge is 0.481 e. The molecule has 0 amide bonds.